The maximum Gasteiger partial charge on any atom is 0.135 e. The predicted octanol–water partition coefficient (Wildman–Crippen LogP) is 1.43. The van der Waals surface area contributed by atoms with E-state index in [-0.39, 0.29) is 5.78 Å². The van der Waals surface area contributed by atoms with Gasteiger partial charge < -0.3 is 0 Å². The molecule has 0 aliphatic heterocycles. The van der Waals surface area contributed by atoms with Gasteiger partial charge in [-0.3, -0.25) is 9.48 Å². The Morgan fingerprint density at radius 2 is 2.38 bits per heavy atom. The van der Waals surface area contributed by atoms with Gasteiger partial charge in [-0.1, -0.05) is 0 Å². The Bertz CT molecular complexity index is 337. The van der Waals surface area contributed by atoms with E-state index in [9.17, 15) is 4.79 Å². The minimum atomic E-state index is 0.199. The molecule has 0 radical (unpaired) electrons. The maximum absolute atomic E-state index is 10.9. The summed E-state index contributed by atoms with van der Waals surface area (Å²) in [5, 5.41) is 4.39. The molecule has 1 aliphatic carbocycles. The normalized spacial score (nSPS) is 16.2. The third-order valence-electron chi connectivity index (χ3n) is 2.42. The van der Waals surface area contributed by atoms with E-state index in [2.05, 4.69) is 11.2 Å². The summed E-state index contributed by atoms with van der Waals surface area (Å²) in [6, 6.07) is 2.07. The lowest BCUT2D eigenvalue weighted by Crippen LogP contribution is -2.03. The molecule has 0 unspecified atom stereocenters. The fraction of sp³-hybridized carbons (Fsp3) is 0.600. The summed E-state index contributed by atoms with van der Waals surface area (Å²) in [4.78, 5) is 10.9. The van der Waals surface area contributed by atoms with Gasteiger partial charge >= 0.3 is 0 Å². The number of hydrogen-bond acceptors (Lipinski definition) is 2. The van der Waals surface area contributed by atoms with Gasteiger partial charge in [0.2, 0.25) is 0 Å². The lowest BCUT2D eigenvalue weighted by Gasteiger charge is -1.95. The quantitative estimate of drug-likeness (QED) is 0.701. The van der Waals surface area contributed by atoms with E-state index in [1.54, 1.807) is 6.92 Å². The Kier molecular flexibility index (Phi) is 1.94. The van der Waals surface area contributed by atoms with Crippen molar-refractivity contribution in [2.24, 2.45) is 7.05 Å². The molecule has 2 rings (SSSR count). The number of ketones is 1. The Balaban J connectivity index is 2.19. The van der Waals surface area contributed by atoms with Gasteiger partial charge in [0, 0.05) is 25.1 Å². The fourth-order valence-electron chi connectivity index (χ4n) is 1.53. The van der Waals surface area contributed by atoms with Crippen LogP contribution in [0.2, 0.25) is 0 Å². The third-order valence-corrected chi connectivity index (χ3v) is 2.42. The summed E-state index contributed by atoms with van der Waals surface area (Å²) in [5.74, 6) is 0.872. The molecule has 70 valence electrons. The topological polar surface area (TPSA) is 34.9 Å². The molecular weight excluding hydrogens is 164 g/mol. The van der Waals surface area contributed by atoms with Gasteiger partial charge in [0.15, 0.2) is 0 Å². The van der Waals surface area contributed by atoms with E-state index >= 15 is 0 Å². The van der Waals surface area contributed by atoms with Crippen molar-refractivity contribution in [2.75, 3.05) is 0 Å². The van der Waals surface area contributed by atoms with E-state index in [0.29, 0.717) is 12.3 Å². The fourth-order valence-corrected chi connectivity index (χ4v) is 1.53. The van der Waals surface area contributed by atoms with Gasteiger partial charge in [0.25, 0.3) is 0 Å². The molecule has 1 aliphatic rings. The molecule has 1 heterocycles. The second-order valence-electron chi connectivity index (χ2n) is 3.84. The number of Topliss-reactive ketones (excluding diaryl/α,β-unsaturated/α-hetero) is 1. The van der Waals surface area contributed by atoms with Crippen LogP contribution in [0.5, 0.6) is 0 Å². The SMILES string of the molecule is CC(=O)Cc1cc(C2CC2)nn1C. The van der Waals surface area contributed by atoms with Crippen LogP contribution in [0.3, 0.4) is 0 Å². The molecular formula is C10H14N2O. The molecule has 3 nitrogen and oxygen atoms in total. The zero-order valence-corrected chi connectivity index (χ0v) is 8.08. The molecule has 0 spiro atoms. The van der Waals surface area contributed by atoms with Crippen LogP contribution in [-0.4, -0.2) is 15.6 Å². The highest BCUT2D eigenvalue weighted by Gasteiger charge is 2.26. The zero-order chi connectivity index (χ0) is 9.42. The molecule has 0 N–H and O–H groups in total. The number of aromatic nitrogens is 2. The molecule has 3 heteroatoms. The molecule has 1 aromatic heterocycles. The van der Waals surface area contributed by atoms with Crippen molar-refractivity contribution < 1.29 is 4.79 Å². The van der Waals surface area contributed by atoms with E-state index in [4.69, 9.17) is 0 Å². The van der Waals surface area contributed by atoms with Crippen molar-refractivity contribution in [2.45, 2.75) is 32.1 Å². The number of nitrogens with zero attached hydrogens (tertiary/aromatic N) is 2. The third kappa shape index (κ3) is 1.79. The highest BCUT2D eigenvalue weighted by molar-refractivity contribution is 5.77. The first-order chi connectivity index (χ1) is 6.16. The Hall–Kier alpha value is -1.12. The summed E-state index contributed by atoms with van der Waals surface area (Å²) in [6.45, 7) is 1.61. The average Bonchev–Trinajstić information content (AvgIpc) is 2.79. The van der Waals surface area contributed by atoms with Crippen molar-refractivity contribution in [3.63, 3.8) is 0 Å². The van der Waals surface area contributed by atoms with Crippen molar-refractivity contribution >= 4 is 5.78 Å². The average molecular weight is 178 g/mol. The van der Waals surface area contributed by atoms with Crippen molar-refractivity contribution in [3.8, 4) is 0 Å². The second kappa shape index (κ2) is 2.98. The lowest BCUT2D eigenvalue weighted by atomic mass is 10.2. The van der Waals surface area contributed by atoms with Crippen LogP contribution in [0.4, 0.5) is 0 Å². The highest BCUT2D eigenvalue weighted by atomic mass is 16.1. The summed E-state index contributed by atoms with van der Waals surface area (Å²) in [7, 11) is 1.91. The Morgan fingerprint density at radius 3 is 2.92 bits per heavy atom. The van der Waals surface area contributed by atoms with Crippen molar-refractivity contribution in [1.29, 1.82) is 0 Å². The smallest absolute Gasteiger partial charge is 0.135 e. The molecule has 1 aromatic rings. The summed E-state index contributed by atoms with van der Waals surface area (Å²) < 4.78 is 1.83. The first-order valence-corrected chi connectivity index (χ1v) is 4.69. The first-order valence-electron chi connectivity index (χ1n) is 4.69. The zero-order valence-electron chi connectivity index (χ0n) is 8.08. The molecule has 13 heavy (non-hydrogen) atoms. The van der Waals surface area contributed by atoms with Gasteiger partial charge in [0.05, 0.1) is 5.69 Å². The van der Waals surface area contributed by atoms with Crippen molar-refractivity contribution in [1.82, 2.24) is 9.78 Å². The Morgan fingerprint density at radius 1 is 1.69 bits per heavy atom. The lowest BCUT2D eigenvalue weighted by molar-refractivity contribution is -0.116. The monoisotopic (exact) mass is 178 g/mol. The van der Waals surface area contributed by atoms with Gasteiger partial charge in [0.1, 0.15) is 5.78 Å². The molecule has 0 amide bonds. The molecule has 0 aromatic carbocycles. The Labute approximate surface area is 77.7 Å². The van der Waals surface area contributed by atoms with Crippen LogP contribution < -0.4 is 0 Å². The highest BCUT2D eigenvalue weighted by Crippen LogP contribution is 2.39. The number of hydrogen-bond donors (Lipinski definition) is 0. The number of carbonyl (C=O) groups excluding carboxylic acids is 1. The van der Waals surface area contributed by atoms with Crippen LogP contribution in [0, 0.1) is 0 Å². The summed E-state index contributed by atoms with van der Waals surface area (Å²) >= 11 is 0. The molecule has 0 bridgehead atoms. The maximum atomic E-state index is 10.9. The van der Waals surface area contributed by atoms with Crippen LogP contribution in [0.25, 0.3) is 0 Å². The van der Waals surface area contributed by atoms with Gasteiger partial charge in [-0.2, -0.15) is 5.10 Å². The van der Waals surface area contributed by atoms with Crippen LogP contribution in [0.1, 0.15) is 37.1 Å². The first kappa shape index (κ1) is 8.48. The van der Waals surface area contributed by atoms with Crippen LogP contribution in [0.15, 0.2) is 6.07 Å². The van der Waals surface area contributed by atoms with Gasteiger partial charge in [-0.25, -0.2) is 0 Å². The van der Waals surface area contributed by atoms with E-state index < -0.39 is 0 Å². The largest absolute Gasteiger partial charge is 0.300 e. The standard InChI is InChI=1S/C10H14N2O/c1-7(13)5-9-6-10(8-3-4-8)11-12(9)2/h6,8H,3-5H2,1-2H3. The molecule has 0 atom stereocenters. The predicted molar refractivity (Wildman–Crippen MR) is 49.6 cm³/mol. The van der Waals surface area contributed by atoms with Crippen molar-refractivity contribution in [3.05, 3.63) is 17.5 Å². The minimum absolute atomic E-state index is 0.199. The molecule has 1 saturated carbocycles. The minimum Gasteiger partial charge on any atom is -0.300 e. The molecule has 1 fully saturated rings. The van der Waals surface area contributed by atoms with E-state index in [0.717, 1.165) is 5.69 Å². The summed E-state index contributed by atoms with van der Waals surface area (Å²) in [5.41, 5.74) is 2.20. The van der Waals surface area contributed by atoms with Crippen LogP contribution in [-0.2, 0) is 18.3 Å². The number of carbonyl (C=O) groups is 1. The number of rotatable bonds is 3. The van der Waals surface area contributed by atoms with Gasteiger partial charge in [-0.15, -0.1) is 0 Å². The van der Waals surface area contributed by atoms with Crippen LogP contribution >= 0.6 is 0 Å². The molecule has 0 saturated heterocycles. The van der Waals surface area contributed by atoms with E-state index in [1.165, 1.54) is 18.5 Å². The summed E-state index contributed by atoms with van der Waals surface area (Å²) in [6.07, 6.45) is 3.03. The van der Waals surface area contributed by atoms with Gasteiger partial charge in [-0.05, 0) is 25.8 Å². The number of aryl methyl sites for hydroxylation is 1. The van der Waals surface area contributed by atoms with E-state index in [1.807, 2.05) is 11.7 Å². The second-order valence-corrected chi connectivity index (χ2v) is 3.84.